The third-order valence-corrected chi connectivity index (χ3v) is 5.64. The second-order valence-electron chi connectivity index (χ2n) is 4.98. The van der Waals surface area contributed by atoms with Gasteiger partial charge in [0.05, 0.1) is 5.25 Å². The van der Waals surface area contributed by atoms with Crippen LogP contribution in [0.4, 0.5) is 0 Å². The number of carboxylic acids is 1. The molecule has 0 amide bonds. The van der Waals surface area contributed by atoms with Gasteiger partial charge < -0.3 is 5.11 Å². The van der Waals surface area contributed by atoms with Gasteiger partial charge in [0.25, 0.3) is 0 Å². The first-order valence-corrected chi connectivity index (χ1v) is 8.68. The molecule has 1 unspecified atom stereocenters. The first-order valence-electron chi connectivity index (χ1n) is 6.59. The van der Waals surface area contributed by atoms with Gasteiger partial charge >= 0.3 is 5.97 Å². The van der Waals surface area contributed by atoms with Crippen molar-refractivity contribution in [3.05, 3.63) is 59.1 Å². The lowest BCUT2D eigenvalue weighted by atomic mass is 10.0. The van der Waals surface area contributed by atoms with Gasteiger partial charge in [-0.05, 0) is 35.7 Å². The van der Waals surface area contributed by atoms with E-state index in [2.05, 4.69) is 0 Å². The molecular formula is C16H15ClO4S. The minimum atomic E-state index is -3.72. The van der Waals surface area contributed by atoms with E-state index < -0.39 is 26.8 Å². The number of hydrogen-bond acceptors (Lipinski definition) is 3. The zero-order valence-electron chi connectivity index (χ0n) is 11.9. The SMILES string of the molecule is CC(c1ccc(-c2cccc(Cl)c2)cc1)S(=O)(=O)CC(=O)O. The third kappa shape index (κ3) is 3.87. The Balaban J connectivity index is 2.27. The van der Waals surface area contributed by atoms with E-state index in [1.165, 1.54) is 6.92 Å². The van der Waals surface area contributed by atoms with E-state index in [4.69, 9.17) is 16.7 Å². The topological polar surface area (TPSA) is 71.4 Å². The van der Waals surface area contributed by atoms with Gasteiger partial charge in [-0.3, -0.25) is 4.79 Å². The third-order valence-electron chi connectivity index (χ3n) is 3.40. The van der Waals surface area contributed by atoms with E-state index >= 15 is 0 Å². The lowest BCUT2D eigenvalue weighted by Crippen LogP contribution is -2.20. The highest BCUT2D eigenvalue weighted by Crippen LogP contribution is 2.27. The summed E-state index contributed by atoms with van der Waals surface area (Å²) in [5.41, 5.74) is 2.40. The van der Waals surface area contributed by atoms with E-state index in [0.29, 0.717) is 10.6 Å². The van der Waals surface area contributed by atoms with Crippen LogP contribution >= 0.6 is 11.6 Å². The lowest BCUT2D eigenvalue weighted by molar-refractivity contribution is -0.134. The number of carboxylic acid groups (broad SMARTS) is 1. The van der Waals surface area contributed by atoms with Crippen LogP contribution < -0.4 is 0 Å². The molecule has 0 aliphatic heterocycles. The van der Waals surface area contributed by atoms with E-state index in [9.17, 15) is 13.2 Å². The molecule has 1 N–H and O–H groups in total. The standard InChI is InChI=1S/C16H15ClO4S/c1-11(22(20,21)10-16(18)19)12-5-7-13(8-6-12)14-3-2-4-15(17)9-14/h2-9,11H,10H2,1H3,(H,18,19). The van der Waals surface area contributed by atoms with Gasteiger partial charge in [0, 0.05) is 5.02 Å². The van der Waals surface area contributed by atoms with Crippen LogP contribution in [-0.2, 0) is 14.6 Å². The quantitative estimate of drug-likeness (QED) is 0.904. The number of rotatable bonds is 5. The number of hydrogen-bond donors (Lipinski definition) is 1. The molecule has 0 saturated carbocycles. The van der Waals surface area contributed by atoms with Crippen LogP contribution in [0.15, 0.2) is 48.5 Å². The highest BCUT2D eigenvalue weighted by Gasteiger charge is 2.25. The van der Waals surface area contributed by atoms with Crippen molar-refractivity contribution >= 4 is 27.4 Å². The number of sulfone groups is 1. The zero-order valence-corrected chi connectivity index (χ0v) is 13.4. The molecule has 0 aliphatic rings. The molecule has 22 heavy (non-hydrogen) atoms. The van der Waals surface area contributed by atoms with E-state index in [1.807, 2.05) is 18.2 Å². The largest absolute Gasteiger partial charge is 0.480 e. The maximum Gasteiger partial charge on any atom is 0.318 e. The van der Waals surface area contributed by atoms with Gasteiger partial charge in [0.15, 0.2) is 9.84 Å². The molecule has 0 heterocycles. The molecule has 0 saturated heterocycles. The summed E-state index contributed by atoms with van der Waals surface area (Å²) in [5.74, 6) is -2.22. The number of aliphatic carboxylic acids is 1. The monoisotopic (exact) mass is 338 g/mol. The number of carbonyl (C=O) groups is 1. The van der Waals surface area contributed by atoms with Crippen LogP contribution in [0, 0.1) is 0 Å². The zero-order chi connectivity index (χ0) is 16.3. The Morgan fingerprint density at radius 2 is 1.77 bits per heavy atom. The second kappa shape index (κ2) is 6.50. The first kappa shape index (κ1) is 16.5. The average molecular weight is 339 g/mol. The Labute approximate surface area is 134 Å². The van der Waals surface area contributed by atoms with E-state index in [0.717, 1.165) is 11.1 Å². The van der Waals surface area contributed by atoms with Crippen molar-refractivity contribution in [2.45, 2.75) is 12.2 Å². The molecule has 116 valence electrons. The molecule has 6 heteroatoms. The Morgan fingerprint density at radius 1 is 1.14 bits per heavy atom. The van der Waals surface area contributed by atoms with Gasteiger partial charge in [-0.2, -0.15) is 0 Å². The second-order valence-corrected chi connectivity index (χ2v) is 7.73. The summed E-state index contributed by atoms with van der Waals surface area (Å²) in [6.45, 7) is 1.49. The van der Waals surface area contributed by atoms with Crippen LogP contribution in [0.3, 0.4) is 0 Å². The summed E-state index contributed by atoms with van der Waals surface area (Å²) in [6, 6.07) is 14.3. The minimum Gasteiger partial charge on any atom is -0.480 e. The molecule has 0 spiro atoms. The predicted octanol–water partition coefficient (Wildman–Crippen LogP) is 3.57. The Morgan fingerprint density at radius 3 is 2.32 bits per heavy atom. The van der Waals surface area contributed by atoms with Crippen LogP contribution in [0.5, 0.6) is 0 Å². The molecule has 0 bridgehead atoms. The Kier molecular flexibility index (Phi) is 4.88. The maximum absolute atomic E-state index is 11.9. The molecular weight excluding hydrogens is 324 g/mol. The minimum absolute atomic E-state index is 0.562. The normalized spacial score (nSPS) is 12.8. The smallest absolute Gasteiger partial charge is 0.318 e. The van der Waals surface area contributed by atoms with Crippen LogP contribution in [0.1, 0.15) is 17.7 Å². The summed E-state index contributed by atoms with van der Waals surface area (Å²) in [7, 11) is -3.72. The lowest BCUT2D eigenvalue weighted by Gasteiger charge is -2.12. The molecule has 0 fully saturated rings. The van der Waals surface area contributed by atoms with E-state index in [1.54, 1.807) is 30.3 Å². The Hall–Kier alpha value is -1.85. The van der Waals surface area contributed by atoms with Crippen LogP contribution in [-0.4, -0.2) is 25.2 Å². The van der Waals surface area contributed by atoms with Crippen LogP contribution in [0.25, 0.3) is 11.1 Å². The van der Waals surface area contributed by atoms with Crippen molar-refractivity contribution in [1.82, 2.24) is 0 Å². The molecule has 2 aromatic rings. The fourth-order valence-corrected chi connectivity index (χ4v) is 3.48. The van der Waals surface area contributed by atoms with Gasteiger partial charge in [-0.15, -0.1) is 0 Å². The molecule has 0 radical (unpaired) electrons. The van der Waals surface area contributed by atoms with Crippen molar-refractivity contribution in [1.29, 1.82) is 0 Å². The fraction of sp³-hybridized carbons (Fsp3) is 0.188. The van der Waals surface area contributed by atoms with Gasteiger partial charge in [-0.25, -0.2) is 8.42 Å². The van der Waals surface area contributed by atoms with Crippen molar-refractivity contribution in [3.63, 3.8) is 0 Å². The molecule has 1 atom stereocenters. The van der Waals surface area contributed by atoms with Crippen molar-refractivity contribution < 1.29 is 18.3 Å². The summed E-state index contributed by atoms with van der Waals surface area (Å²) in [5, 5.41) is 8.43. The van der Waals surface area contributed by atoms with Gasteiger partial charge in [-0.1, -0.05) is 48.0 Å². The summed E-state index contributed by atoms with van der Waals surface area (Å²) in [4.78, 5) is 10.6. The molecule has 4 nitrogen and oxygen atoms in total. The van der Waals surface area contributed by atoms with Gasteiger partial charge in [0.1, 0.15) is 5.75 Å². The van der Waals surface area contributed by atoms with Crippen LogP contribution in [0.2, 0.25) is 5.02 Å². The maximum atomic E-state index is 11.9. The first-order chi connectivity index (χ1) is 10.3. The average Bonchev–Trinajstić information content (AvgIpc) is 2.45. The molecule has 0 aliphatic carbocycles. The highest BCUT2D eigenvalue weighted by atomic mass is 35.5. The van der Waals surface area contributed by atoms with Crippen molar-refractivity contribution in [2.75, 3.05) is 5.75 Å². The molecule has 0 aromatic heterocycles. The number of halogens is 1. The molecule has 2 rings (SSSR count). The van der Waals surface area contributed by atoms with Gasteiger partial charge in [0.2, 0.25) is 0 Å². The fourth-order valence-electron chi connectivity index (χ4n) is 2.12. The highest BCUT2D eigenvalue weighted by molar-refractivity contribution is 7.92. The number of benzene rings is 2. The predicted molar refractivity (Wildman–Crippen MR) is 86.7 cm³/mol. The van der Waals surface area contributed by atoms with E-state index in [-0.39, 0.29) is 0 Å². The Bertz CT molecular complexity index is 782. The van der Waals surface area contributed by atoms with Crippen molar-refractivity contribution in [2.24, 2.45) is 0 Å². The summed E-state index contributed by atoms with van der Waals surface area (Å²) >= 11 is 5.95. The summed E-state index contributed by atoms with van der Waals surface area (Å²) in [6.07, 6.45) is 0. The molecule has 2 aromatic carbocycles. The summed E-state index contributed by atoms with van der Waals surface area (Å²) < 4.78 is 23.9. The van der Waals surface area contributed by atoms with Crippen molar-refractivity contribution in [3.8, 4) is 11.1 Å².